The van der Waals surface area contributed by atoms with Gasteiger partial charge in [0.15, 0.2) is 11.5 Å². The molecule has 3 heterocycles. The summed E-state index contributed by atoms with van der Waals surface area (Å²) in [5, 5.41) is 17.4. The average Bonchev–Trinajstić information content (AvgIpc) is 3.47. The number of hydrogen-bond acceptors (Lipinski definition) is 8. The van der Waals surface area contributed by atoms with Crippen molar-refractivity contribution in [3.05, 3.63) is 59.7 Å². The number of nitrogens with one attached hydrogen (secondary N) is 1. The lowest BCUT2D eigenvalue weighted by atomic mass is 9.97. The molecule has 0 aliphatic carbocycles. The van der Waals surface area contributed by atoms with Crippen molar-refractivity contribution < 1.29 is 27.2 Å². The normalized spacial score (nSPS) is 12.0. The van der Waals surface area contributed by atoms with Crippen molar-refractivity contribution in [1.82, 2.24) is 30.1 Å². The second kappa shape index (κ2) is 8.81. The Morgan fingerprint density at radius 3 is 2.31 bits per heavy atom. The number of nitrogens with zero attached hydrogens (tertiary/aromatic N) is 6. The number of alkyl halides is 3. The molecule has 4 rings (SSSR count). The van der Waals surface area contributed by atoms with Crippen LogP contribution in [0, 0.1) is 0 Å². The Balaban J connectivity index is 1.58. The van der Waals surface area contributed by atoms with E-state index in [0.717, 1.165) is 6.20 Å². The van der Waals surface area contributed by atoms with Crippen LogP contribution in [0.1, 0.15) is 42.7 Å². The molecule has 0 aliphatic rings. The number of hydrogen-bond donors (Lipinski definition) is 1. The van der Waals surface area contributed by atoms with Crippen LogP contribution in [0.15, 0.2) is 47.1 Å². The van der Waals surface area contributed by atoms with Gasteiger partial charge in [0.25, 0.3) is 5.91 Å². The molecule has 13 heteroatoms. The van der Waals surface area contributed by atoms with E-state index in [0.29, 0.717) is 22.0 Å². The van der Waals surface area contributed by atoms with Crippen molar-refractivity contribution in [2.24, 2.45) is 0 Å². The molecular weight excluding hydrogens is 467 g/mol. The third-order valence-corrected chi connectivity index (χ3v) is 4.80. The van der Waals surface area contributed by atoms with E-state index in [1.165, 1.54) is 31.4 Å². The Morgan fingerprint density at radius 1 is 1.06 bits per heavy atom. The highest BCUT2D eigenvalue weighted by Gasteiger charge is 2.41. The van der Waals surface area contributed by atoms with Gasteiger partial charge in [0, 0.05) is 22.7 Å². The van der Waals surface area contributed by atoms with Gasteiger partial charge in [-0.05, 0) is 30.3 Å². The second-order valence-electron chi connectivity index (χ2n) is 8.45. The first-order valence-corrected chi connectivity index (χ1v) is 10.3. The van der Waals surface area contributed by atoms with Crippen LogP contribution in [0.3, 0.4) is 0 Å². The van der Waals surface area contributed by atoms with Crippen molar-refractivity contribution >= 4 is 11.6 Å². The first-order valence-electron chi connectivity index (χ1n) is 10.3. The maximum Gasteiger partial charge on any atom is 0.434 e. The molecular formula is C22H20F3N7O3. The van der Waals surface area contributed by atoms with Crippen LogP contribution in [-0.2, 0) is 11.6 Å². The molecule has 0 unspecified atom stereocenters. The Hall–Kier alpha value is -4.29. The van der Waals surface area contributed by atoms with Crippen LogP contribution in [0.2, 0.25) is 0 Å². The number of halogens is 3. The smallest absolute Gasteiger partial charge is 0.434 e. The van der Waals surface area contributed by atoms with E-state index in [1.54, 1.807) is 12.1 Å². The van der Waals surface area contributed by atoms with Gasteiger partial charge in [-0.1, -0.05) is 25.9 Å². The average molecular weight is 487 g/mol. The number of methoxy groups -OCH3 is 1. The number of carbonyl (C=O) groups excluding carboxylic acids is 1. The first-order chi connectivity index (χ1) is 16.5. The lowest BCUT2D eigenvalue weighted by Crippen LogP contribution is -2.21. The summed E-state index contributed by atoms with van der Waals surface area (Å²) in [4.78, 5) is 17.1. The van der Waals surface area contributed by atoms with Crippen LogP contribution >= 0.6 is 0 Å². The number of amides is 1. The Morgan fingerprint density at radius 2 is 1.77 bits per heavy atom. The van der Waals surface area contributed by atoms with Gasteiger partial charge in [0.2, 0.25) is 17.6 Å². The predicted octanol–water partition coefficient (Wildman–Crippen LogP) is 4.29. The van der Waals surface area contributed by atoms with Crippen LogP contribution in [0.4, 0.5) is 18.9 Å². The molecule has 1 amide bonds. The third-order valence-electron chi connectivity index (χ3n) is 4.80. The molecule has 10 nitrogen and oxygen atoms in total. The molecule has 35 heavy (non-hydrogen) atoms. The minimum absolute atomic E-state index is 0.117. The van der Waals surface area contributed by atoms with E-state index >= 15 is 0 Å². The van der Waals surface area contributed by atoms with Crippen LogP contribution in [-0.4, -0.2) is 43.1 Å². The molecule has 1 N–H and O–H groups in total. The molecule has 0 saturated carbocycles. The van der Waals surface area contributed by atoms with Crippen molar-refractivity contribution in [1.29, 1.82) is 0 Å². The largest absolute Gasteiger partial charge is 0.480 e. The summed E-state index contributed by atoms with van der Waals surface area (Å²) < 4.78 is 52.2. The Kier molecular flexibility index (Phi) is 6.01. The van der Waals surface area contributed by atoms with E-state index in [4.69, 9.17) is 9.26 Å². The molecule has 0 saturated heterocycles. The SMILES string of the molecule is COc1ccc(-n2ncc(C(=O)Nc3ccc(-c4noc(C(C)(C)C)n4)cc3)c2C(F)(F)F)nn1. The topological polar surface area (TPSA) is 121 Å². The molecule has 0 aliphatic heterocycles. The number of anilines is 1. The van der Waals surface area contributed by atoms with E-state index in [1.807, 2.05) is 20.8 Å². The lowest BCUT2D eigenvalue weighted by Gasteiger charge is -2.12. The zero-order chi connectivity index (χ0) is 25.4. The second-order valence-corrected chi connectivity index (χ2v) is 8.45. The Labute approximate surface area is 197 Å². The van der Waals surface area contributed by atoms with Crippen LogP contribution in [0.25, 0.3) is 17.2 Å². The fourth-order valence-electron chi connectivity index (χ4n) is 3.04. The van der Waals surface area contributed by atoms with E-state index in [2.05, 4.69) is 30.8 Å². The number of benzene rings is 1. The van der Waals surface area contributed by atoms with E-state index < -0.39 is 23.3 Å². The molecule has 4 aromatic rings. The van der Waals surface area contributed by atoms with Gasteiger partial charge < -0.3 is 14.6 Å². The van der Waals surface area contributed by atoms with Crippen molar-refractivity contribution in [3.63, 3.8) is 0 Å². The summed E-state index contributed by atoms with van der Waals surface area (Å²) in [5.74, 6) is -0.285. The van der Waals surface area contributed by atoms with Crippen LogP contribution < -0.4 is 10.1 Å². The Bertz CT molecular complexity index is 1340. The van der Waals surface area contributed by atoms with Crippen molar-refractivity contribution in [2.45, 2.75) is 32.4 Å². The maximum atomic E-state index is 13.9. The van der Waals surface area contributed by atoms with Gasteiger partial charge >= 0.3 is 6.18 Å². The molecule has 182 valence electrons. The molecule has 0 spiro atoms. The molecule has 3 aromatic heterocycles. The lowest BCUT2D eigenvalue weighted by molar-refractivity contribution is -0.143. The molecule has 0 atom stereocenters. The molecule has 1 aromatic carbocycles. The number of rotatable bonds is 5. The van der Waals surface area contributed by atoms with Gasteiger partial charge in [-0.25, -0.2) is 4.68 Å². The van der Waals surface area contributed by atoms with Gasteiger partial charge in [0.1, 0.15) is 0 Å². The number of aromatic nitrogens is 6. The fourth-order valence-corrected chi connectivity index (χ4v) is 3.04. The maximum absolute atomic E-state index is 13.9. The first kappa shape index (κ1) is 23.9. The van der Waals surface area contributed by atoms with E-state index in [9.17, 15) is 18.0 Å². The van der Waals surface area contributed by atoms with Crippen LogP contribution in [0.5, 0.6) is 5.88 Å². The third kappa shape index (κ3) is 4.98. The quantitative estimate of drug-likeness (QED) is 0.443. The fraction of sp³-hybridized carbons (Fsp3) is 0.273. The molecule has 0 radical (unpaired) electrons. The minimum Gasteiger partial charge on any atom is -0.480 e. The predicted molar refractivity (Wildman–Crippen MR) is 117 cm³/mol. The minimum atomic E-state index is -4.89. The zero-order valence-electron chi connectivity index (χ0n) is 19.1. The summed E-state index contributed by atoms with van der Waals surface area (Å²) >= 11 is 0. The molecule has 0 fully saturated rings. The summed E-state index contributed by atoms with van der Waals surface area (Å²) in [6, 6.07) is 8.86. The highest BCUT2D eigenvalue weighted by atomic mass is 19.4. The monoisotopic (exact) mass is 487 g/mol. The summed E-state index contributed by atoms with van der Waals surface area (Å²) in [6.07, 6.45) is -4.07. The van der Waals surface area contributed by atoms with Gasteiger partial charge in [0.05, 0.1) is 18.9 Å². The number of carbonyl (C=O) groups is 1. The molecule has 0 bridgehead atoms. The number of ether oxygens (including phenoxy) is 1. The standard InChI is InChI=1S/C22H20F3N7O3/c1-21(2,3)20-28-18(31-35-20)12-5-7-13(8-6-12)27-19(33)14-11-26-32(17(14)22(23,24)25)15-9-10-16(34-4)30-29-15/h5-11H,1-4H3,(H,27,33). The summed E-state index contributed by atoms with van der Waals surface area (Å²) in [5.41, 5.74) is -1.40. The van der Waals surface area contributed by atoms with E-state index in [-0.39, 0.29) is 22.8 Å². The summed E-state index contributed by atoms with van der Waals surface area (Å²) in [7, 11) is 1.35. The van der Waals surface area contributed by atoms with Gasteiger partial charge in [-0.3, -0.25) is 4.79 Å². The highest BCUT2D eigenvalue weighted by Crippen LogP contribution is 2.34. The highest BCUT2D eigenvalue weighted by molar-refractivity contribution is 6.05. The zero-order valence-corrected chi connectivity index (χ0v) is 19.1. The van der Waals surface area contributed by atoms with Crippen molar-refractivity contribution in [3.8, 4) is 23.1 Å². The summed E-state index contributed by atoms with van der Waals surface area (Å²) in [6.45, 7) is 5.80. The van der Waals surface area contributed by atoms with Gasteiger partial charge in [-0.2, -0.15) is 23.3 Å². The van der Waals surface area contributed by atoms with Crippen molar-refractivity contribution in [2.75, 3.05) is 12.4 Å². The van der Waals surface area contributed by atoms with Gasteiger partial charge in [-0.15, -0.1) is 10.2 Å².